The lowest BCUT2D eigenvalue weighted by atomic mass is 9.96. The van der Waals surface area contributed by atoms with Crippen LogP contribution in [0.4, 0.5) is 4.39 Å². The summed E-state index contributed by atoms with van der Waals surface area (Å²) in [6.45, 7) is 5.93. The summed E-state index contributed by atoms with van der Waals surface area (Å²) in [4.78, 5) is 11.8. The Morgan fingerprint density at radius 3 is 2.71 bits per heavy atom. The first-order chi connectivity index (χ1) is 7.87. The van der Waals surface area contributed by atoms with Gasteiger partial charge in [0.25, 0.3) is 5.91 Å². The number of carbonyl (C=O) groups excluding carboxylic acids is 1. The Kier molecular flexibility index (Phi) is 4.52. The van der Waals surface area contributed by atoms with Gasteiger partial charge in [0, 0.05) is 12.4 Å². The number of benzene rings is 1. The van der Waals surface area contributed by atoms with Crippen LogP contribution in [0.25, 0.3) is 0 Å². The number of alkyl halides is 1. The first-order valence-corrected chi connectivity index (χ1v) is 6.00. The van der Waals surface area contributed by atoms with E-state index < -0.39 is 11.7 Å². The van der Waals surface area contributed by atoms with E-state index >= 15 is 0 Å². The fourth-order valence-electron chi connectivity index (χ4n) is 1.28. The molecule has 0 heterocycles. The van der Waals surface area contributed by atoms with Crippen LogP contribution < -0.4 is 5.32 Å². The molecule has 0 aromatic heterocycles. The van der Waals surface area contributed by atoms with Crippen LogP contribution in [0.1, 0.15) is 29.8 Å². The Morgan fingerprint density at radius 1 is 1.47 bits per heavy atom. The van der Waals surface area contributed by atoms with Crippen LogP contribution in [-0.4, -0.2) is 18.3 Å². The van der Waals surface area contributed by atoms with Crippen LogP contribution in [0.5, 0.6) is 0 Å². The monoisotopic (exact) mass is 257 g/mol. The van der Waals surface area contributed by atoms with Gasteiger partial charge in [0.05, 0.1) is 5.56 Å². The van der Waals surface area contributed by atoms with E-state index in [4.69, 9.17) is 11.6 Å². The lowest BCUT2D eigenvalue weighted by Gasteiger charge is -2.21. The van der Waals surface area contributed by atoms with Crippen LogP contribution >= 0.6 is 11.6 Å². The molecule has 1 aromatic carbocycles. The number of carbonyl (C=O) groups is 1. The molecule has 0 spiro atoms. The van der Waals surface area contributed by atoms with E-state index in [1.165, 1.54) is 6.07 Å². The van der Waals surface area contributed by atoms with E-state index in [2.05, 4.69) is 5.32 Å². The van der Waals surface area contributed by atoms with E-state index in [0.29, 0.717) is 18.0 Å². The fraction of sp³-hybridized carbons (Fsp3) is 0.462. The van der Waals surface area contributed by atoms with Crippen molar-refractivity contribution in [1.82, 2.24) is 5.32 Å². The number of hydrogen-bond acceptors (Lipinski definition) is 1. The third-order valence-corrected chi connectivity index (χ3v) is 3.25. The minimum atomic E-state index is -0.464. The van der Waals surface area contributed by atoms with Gasteiger partial charge in [-0.2, -0.15) is 0 Å². The first-order valence-electron chi connectivity index (χ1n) is 5.47. The third-order valence-electron chi connectivity index (χ3n) is 2.53. The molecule has 0 aliphatic carbocycles. The topological polar surface area (TPSA) is 29.1 Å². The van der Waals surface area contributed by atoms with Gasteiger partial charge in [-0.05, 0) is 24.0 Å². The molecule has 0 saturated heterocycles. The highest BCUT2D eigenvalue weighted by atomic mass is 35.5. The maximum atomic E-state index is 13.7. The number of rotatable bonds is 4. The third kappa shape index (κ3) is 3.70. The Balaban J connectivity index is 2.74. The molecular weight excluding hydrogens is 241 g/mol. The predicted octanol–water partition coefficient (Wildman–Crippen LogP) is 3.13. The van der Waals surface area contributed by atoms with Crippen molar-refractivity contribution in [2.75, 3.05) is 12.4 Å². The molecule has 2 nitrogen and oxygen atoms in total. The van der Waals surface area contributed by atoms with E-state index in [-0.39, 0.29) is 11.0 Å². The average molecular weight is 258 g/mol. The Labute approximate surface area is 106 Å². The lowest BCUT2D eigenvalue weighted by Crippen LogP contribution is -2.35. The molecule has 4 heteroatoms. The Bertz CT molecular complexity index is 418. The normalized spacial score (nSPS) is 11.4. The van der Waals surface area contributed by atoms with Crippen molar-refractivity contribution in [3.05, 3.63) is 35.1 Å². The molecule has 1 rings (SSSR count). The van der Waals surface area contributed by atoms with Crippen LogP contribution in [0.3, 0.4) is 0 Å². The molecule has 0 aliphatic heterocycles. The zero-order chi connectivity index (χ0) is 13.1. The molecule has 1 aromatic rings. The summed E-state index contributed by atoms with van der Waals surface area (Å²) in [5.41, 5.74) is 0.349. The summed E-state index contributed by atoms with van der Waals surface area (Å²) < 4.78 is 13.7. The van der Waals surface area contributed by atoms with E-state index in [9.17, 15) is 9.18 Å². The molecule has 0 fully saturated rings. The van der Waals surface area contributed by atoms with E-state index in [0.717, 1.165) is 0 Å². The van der Waals surface area contributed by atoms with E-state index in [1.54, 1.807) is 19.1 Å². The van der Waals surface area contributed by atoms with Crippen LogP contribution in [0.15, 0.2) is 18.2 Å². The number of amides is 1. The highest BCUT2D eigenvalue weighted by Crippen LogP contribution is 2.16. The fourth-order valence-corrected chi connectivity index (χ4v) is 1.38. The van der Waals surface area contributed by atoms with E-state index in [1.807, 2.05) is 13.8 Å². The van der Waals surface area contributed by atoms with Crippen molar-refractivity contribution in [3.63, 3.8) is 0 Å². The Morgan fingerprint density at radius 2 is 2.12 bits per heavy atom. The average Bonchev–Trinajstić information content (AvgIpc) is 2.30. The highest BCUT2D eigenvalue weighted by Gasteiger charge is 2.19. The summed E-state index contributed by atoms with van der Waals surface area (Å²) in [5.74, 6) is -0.429. The molecule has 1 N–H and O–H groups in total. The van der Waals surface area contributed by atoms with Gasteiger partial charge in [0.1, 0.15) is 5.82 Å². The first kappa shape index (κ1) is 14.0. The predicted molar refractivity (Wildman–Crippen MR) is 68.0 cm³/mol. The van der Waals surface area contributed by atoms with Gasteiger partial charge in [0.15, 0.2) is 0 Å². The maximum Gasteiger partial charge on any atom is 0.254 e. The molecule has 17 heavy (non-hydrogen) atoms. The van der Waals surface area contributed by atoms with Gasteiger partial charge in [0.2, 0.25) is 0 Å². The van der Waals surface area contributed by atoms with Crippen molar-refractivity contribution in [2.24, 2.45) is 5.41 Å². The quantitative estimate of drug-likeness (QED) is 0.825. The van der Waals surface area contributed by atoms with Crippen molar-refractivity contribution >= 4 is 17.5 Å². The zero-order valence-corrected chi connectivity index (χ0v) is 11.1. The summed E-state index contributed by atoms with van der Waals surface area (Å²) >= 11 is 5.75. The summed E-state index contributed by atoms with van der Waals surface area (Å²) in [5, 5.41) is 2.69. The van der Waals surface area contributed by atoms with Crippen molar-refractivity contribution < 1.29 is 9.18 Å². The smallest absolute Gasteiger partial charge is 0.254 e. The second-order valence-electron chi connectivity index (χ2n) is 4.92. The second-order valence-corrected chi connectivity index (χ2v) is 5.18. The van der Waals surface area contributed by atoms with Crippen LogP contribution in [-0.2, 0) is 0 Å². The van der Waals surface area contributed by atoms with Crippen LogP contribution in [0.2, 0.25) is 0 Å². The number of aryl methyl sites for hydroxylation is 1. The largest absolute Gasteiger partial charge is 0.351 e. The molecule has 0 atom stereocenters. The molecule has 0 radical (unpaired) electrons. The SMILES string of the molecule is Cc1cccc(C(=O)NCC(C)(C)CCl)c1F. The second kappa shape index (κ2) is 5.50. The molecule has 0 bridgehead atoms. The minimum Gasteiger partial charge on any atom is -0.351 e. The molecule has 0 unspecified atom stereocenters. The standard InChI is InChI=1S/C13H17ClFNO/c1-9-5-4-6-10(11(9)15)12(17)16-8-13(2,3)7-14/h4-6H,7-8H2,1-3H3,(H,16,17). The molecule has 0 saturated carbocycles. The van der Waals surface area contributed by atoms with Crippen LogP contribution in [0, 0.1) is 18.2 Å². The molecule has 0 aliphatic rings. The number of nitrogens with one attached hydrogen (secondary N) is 1. The molecular formula is C13H17ClFNO. The van der Waals surface area contributed by atoms with Gasteiger partial charge >= 0.3 is 0 Å². The van der Waals surface area contributed by atoms with Gasteiger partial charge in [-0.1, -0.05) is 26.0 Å². The van der Waals surface area contributed by atoms with Gasteiger partial charge in [-0.25, -0.2) is 4.39 Å². The zero-order valence-electron chi connectivity index (χ0n) is 10.3. The molecule has 1 amide bonds. The summed E-state index contributed by atoms with van der Waals surface area (Å²) in [6, 6.07) is 4.78. The van der Waals surface area contributed by atoms with Crippen molar-refractivity contribution in [2.45, 2.75) is 20.8 Å². The molecule has 94 valence electrons. The van der Waals surface area contributed by atoms with Gasteiger partial charge in [-0.15, -0.1) is 11.6 Å². The number of halogens is 2. The summed E-state index contributed by atoms with van der Waals surface area (Å²) in [7, 11) is 0. The van der Waals surface area contributed by atoms with Gasteiger partial charge < -0.3 is 5.32 Å². The van der Waals surface area contributed by atoms with Crippen molar-refractivity contribution in [3.8, 4) is 0 Å². The number of hydrogen-bond donors (Lipinski definition) is 1. The van der Waals surface area contributed by atoms with Crippen molar-refractivity contribution in [1.29, 1.82) is 0 Å². The summed E-state index contributed by atoms with van der Waals surface area (Å²) in [6.07, 6.45) is 0. The minimum absolute atomic E-state index is 0.0790. The maximum absolute atomic E-state index is 13.7. The van der Waals surface area contributed by atoms with Gasteiger partial charge in [-0.3, -0.25) is 4.79 Å². The Hall–Kier alpha value is -1.09. The lowest BCUT2D eigenvalue weighted by molar-refractivity contribution is 0.0935. The highest BCUT2D eigenvalue weighted by molar-refractivity contribution is 6.18.